The number of Topliss-reactive ketones (excluding diaryl/α,β-unsaturated/α-hetero) is 1. The van der Waals surface area contributed by atoms with Gasteiger partial charge in [-0.25, -0.2) is 4.57 Å². The number of phosphoric acid groups is 1. The second-order valence-corrected chi connectivity index (χ2v) is 5.29. The number of benzene rings is 1. The Balaban J connectivity index is 2.74. The van der Waals surface area contributed by atoms with Gasteiger partial charge >= 0.3 is 7.82 Å². The Morgan fingerprint density at radius 1 is 1.29 bits per heavy atom. The zero-order valence-electron chi connectivity index (χ0n) is 9.66. The maximum atomic E-state index is 11.7. The van der Waals surface area contributed by atoms with Gasteiger partial charge in [-0.2, -0.15) is 0 Å². The first kappa shape index (κ1) is 13.9. The van der Waals surface area contributed by atoms with Gasteiger partial charge in [0.05, 0.1) is 0 Å². The average Bonchev–Trinajstić information content (AvgIpc) is 2.15. The van der Waals surface area contributed by atoms with E-state index in [2.05, 4.69) is 4.52 Å². The summed E-state index contributed by atoms with van der Waals surface area (Å²) in [5, 5.41) is 0. The minimum atomic E-state index is -4.53. The molecule has 94 valence electrons. The summed E-state index contributed by atoms with van der Waals surface area (Å²) in [6, 6.07) is 5.73. The van der Waals surface area contributed by atoms with Gasteiger partial charge in [-0.1, -0.05) is 13.8 Å². The molecule has 1 rings (SSSR count). The zero-order valence-corrected chi connectivity index (χ0v) is 10.6. The zero-order chi connectivity index (χ0) is 13.1. The highest BCUT2D eigenvalue weighted by molar-refractivity contribution is 7.46. The second-order valence-electron chi connectivity index (χ2n) is 4.13. The molecular formula is C11H15O5P. The topological polar surface area (TPSA) is 83.8 Å². The van der Waals surface area contributed by atoms with Crippen molar-refractivity contribution >= 4 is 13.6 Å². The van der Waals surface area contributed by atoms with Crippen LogP contribution < -0.4 is 4.52 Å². The van der Waals surface area contributed by atoms with Crippen molar-refractivity contribution in [2.45, 2.75) is 20.3 Å². The van der Waals surface area contributed by atoms with E-state index < -0.39 is 7.82 Å². The van der Waals surface area contributed by atoms with Crippen LogP contribution in [0.15, 0.2) is 24.3 Å². The molecule has 0 amide bonds. The van der Waals surface area contributed by atoms with E-state index in [9.17, 15) is 9.36 Å². The molecule has 0 spiro atoms. The van der Waals surface area contributed by atoms with Gasteiger partial charge in [0.1, 0.15) is 5.75 Å². The number of hydrogen-bond donors (Lipinski definition) is 2. The predicted molar refractivity (Wildman–Crippen MR) is 62.9 cm³/mol. The van der Waals surface area contributed by atoms with Crippen LogP contribution in [0, 0.1) is 5.92 Å². The Bertz CT molecular complexity index is 432. The first-order valence-electron chi connectivity index (χ1n) is 5.16. The van der Waals surface area contributed by atoms with Crippen molar-refractivity contribution in [2.24, 2.45) is 5.92 Å². The third kappa shape index (κ3) is 5.13. The van der Waals surface area contributed by atoms with E-state index >= 15 is 0 Å². The Morgan fingerprint density at radius 3 is 2.24 bits per heavy atom. The van der Waals surface area contributed by atoms with Crippen molar-refractivity contribution < 1.29 is 23.7 Å². The van der Waals surface area contributed by atoms with Gasteiger partial charge in [0.15, 0.2) is 5.78 Å². The minimum Gasteiger partial charge on any atom is -0.404 e. The van der Waals surface area contributed by atoms with Crippen LogP contribution in [0.25, 0.3) is 0 Å². The van der Waals surface area contributed by atoms with Crippen molar-refractivity contribution in [1.29, 1.82) is 0 Å². The highest BCUT2D eigenvalue weighted by Crippen LogP contribution is 2.37. The molecule has 0 saturated heterocycles. The lowest BCUT2D eigenvalue weighted by Crippen LogP contribution is -2.03. The Labute approximate surface area is 99.7 Å². The second kappa shape index (κ2) is 5.45. The average molecular weight is 258 g/mol. The lowest BCUT2D eigenvalue weighted by Gasteiger charge is -2.07. The number of carbonyl (C=O) groups is 1. The van der Waals surface area contributed by atoms with Crippen molar-refractivity contribution in [1.82, 2.24) is 0 Å². The van der Waals surface area contributed by atoms with Crippen LogP contribution in [0.1, 0.15) is 30.6 Å². The minimum absolute atomic E-state index is 0.00253. The number of carbonyl (C=O) groups excluding carboxylic acids is 1. The monoisotopic (exact) mass is 258 g/mol. The summed E-state index contributed by atoms with van der Waals surface area (Å²) < 4.78 is 14.9. The molecule has 0 aliphatic heterocycles. The summed E-state index contributed by atoms with van der Waals surface area (Å²) in [6.07, 6.45) is 0.443. The first-order chi connectivity index (χ1) is 7.78. The molecule has 0 heterocycles. The van der Waals surface area contributed by atoms with Crippen LogP contribution in [-0.2, 0) is 4.57 Å². The molecule has 6 heteroatoms. The fourth-order valence-corrected chi connectivity index (χ4v) is 1.72. The molecule has 0 bridgehead atoms. The largest absolute Gasteiger partial charge is 0.524 e. The van der Waals surface area contributed by atoms with Gasteiger partial charge in [-0.15, -0.1) is 0 Å². The van der Waals surface area contributed by atoms with Gasteiger partial charge in [-0.3, -0.25) is 14.6 Å². The highest BCUT2D eigenvalue weighted by Gasteiger charge is 2.16. The van der Waals surface area contributed by atoms with E-state index in [-0.39, 0.29) is 17.5 Å². The van der Waals surface area contributed by atoms with Crippen LogP contribution in [0.3, 0.4) is 0 Å². The molecule has 2 N–H and O–H groups in total. The Hall–Kier alpha value is -1.16. The van der Waals surface area contributed by atoms with E-state index in [1.807, 2.05) is 13.8 Å². The lowest BCUT2D eigenvalue weighted by atomic mass is 10.0. The smallest absolute Gasteiger partial charge is 0.404 e. The van der Waals surface area contributed by atoms with Gasteiger partial charge in [-0.05, 0) is 30.2 Å². The molecule has 0 unspecified atom stereocenters. The lowest BCUT2D eigenvalue weighted by molar-refractivity contribution is 0.0968. The quantitative estimate of drug-likeness (QED) is 0.625. The third-order valence-electron chi connectivity index (χ3n) is 1.99. The summed E-state index contributed by atoms with van der Waals surface area (Å²) in [5.74, 6) is 0.315. The molecule has 0 radical (unpaired) electrons. The van der Waals surface area contributed by atoms with Crippen LogP contribution in [-0.4, -0.2) is 15.6 Å². The number of rotatable bonds is 5. The normalized spacial score (nSPS) is 11.6. The van der Waals surface area contributed by atoms with Gasteiger partial charge in [0, 0.05) is 12.0 Å². The Kier molecular flexibility index (Phi) is 4.46. The van der Waals surface area contributed by atoms with Crippen LogP contribution >= 0.6 is 7.82 Å². The predicted octanol–water partition coefficient (Wildman–Crippen LogP) is 2.39. The van der Waals surface area contributed by atoms with Crippen LogP contribution in [0.2, 0.25) is 0 Å². The van der Waals surface area contributed by atoms with Crippen molar-refractivity contribution in [3.63, 3.8) is 0 Å². The Morgan fingerprint density at radius 2 is 1.82 bits per heavy atom. The molecule has 1 aromatic carbocycles. The SMILES string of the molecule is CC(C)CC(=O)c1ccc(OP(=O)(O)O)cc1. The van der Waals surface area contributed by atoms with E-state index in [4.69, 9.17) is 9.79 Å². The van der Waals surface area contributed by atoms with E-state index in [1.54, 1.807) is 0 Å². The summed E-state index contributed by atoms with van der Waals surface area (Å²) in [5.41, 5.74) is 0.511. The fourth-order valence-electron chi connectivity index (χ4n) is 1.33. The van der Waals surface area contributed by atoms with Gasteiger partial charge in [0.2, 0.25) is 0 Å². The molecule has 0 aromatic heterocycles. The molecule has 1 aromatic rings. The molecular weight excluding hydrogens is 243 g/mol. The number of ketones is 1. The highest BCUT2D eigenvalue weighted by atomic mass is 31.2. The van der Waals surface area contributed by atoms with E-state index in [1.165, 1.54) is 24.3 Å². The number of phosphoric ester groups is 1. The maximum absolute atomic E-state index is 11.7. The molecule has 0 aliphatic carbocycles. The van der Waals surface area contributed by atoms with Gasteiger partial charge < -0.3 is 4.52 Å². The molecule has 0 fully saturated rings. The van der Waals surface area contributed by atoms with Crippen LogP contribution in [0.4, 0.5) is 0 Å². The summed E-state index contributed by atoms with van der Waals surface area (Å²) in [4.78, 5) is 28.8. The maximum Gasteiger partial charge on any atom is 0.524 e. The summed E-state index contributed by atoms with van der Waals surface area (Å²) >= 11 is 0. The molecule has 0 saturated carbocycles. The molecule has 0 atom stereocenters. The van der Waals surface area contributed by atoms with Crippen molar-refractivity contribution in [3.05, 3.63) is 29.8 Å². The summed E-state index contributed by atoms with van der Waals surface area (Å²) in [6.45, 7) is 3.90. The van der Waals surface area contributed by atoms with Crippen molar-refractivity contribution in [2.75, 3.05) is 0 Å². The molecule has 0 aliphatic rings. The van der Waals surface area contributed by atoms with Gasteiger partial charge in [0.25, 0.3) is 0 Å². The molecule has 17 heavy (non-hydrogen) atoms. The fraction of sp³-hybridized carbons (Fsp3) is 0.364. The first-order valence-corrected chi connectivity index (χ1v) is 6.69. The van der Waals surface area contributed by atoms with Crippen LogP contribution in [0.5, 0.6) is 5.75 Å². The van der Waals surface area contributed by atoms with E-state index in [0.29, 0.717) is 12.0 Å². The number of hydrogen-bond acceptors (Lipinski definition) is 3. The van der Waals surface area contributed by atoms with Crippen molar-refractivity contribution in [3.8, 4) is 5.75 Å². The molecule has 5 nitrogen and oxygen atoms in total. The third-order valence-corrected chi connectivity index (χ3v) is 2.44. The van der Waals surface area contributed by atoms with E-state index in [0.717, 1.165) is 0 Å². The summed E-state index contributed by atoms with van der Waals surface area (Å²) in [7, 11) is -4.53. The standard InChI is InChI=1S/C11H15O5P/c1-8(2)7-11(12)9-3-5-10(6-4-9)16-17(13,14)15/h3-6,8H,7H2,1-2H3,(H2,13,14,15).